The molecule has 0 saturated carbocycles. The number of hydrogen-bond acceptors (Lipinski definition) is 2. The molecular formula is C11H16NO2+. The highest BCUT2D eigenvalue weighted by Crippen LogP contribution is 2.11. The third-order valence-electron chi connectivity index (χ3n) is 2.23. The molecule has 0 aliphatic carbocycles. The molecule has 14 heavy (non-hydrogen) atoms. The first-order valence-electron chi connectivity index (χ1n) is 4.61. The number of likely N-dealkylation sites (N-methyl/N-ethyl adjacent to an activating group) is 1. The molecule has 0 saturated heterocycles. The summed E-state index contributed by atoms with van der Waals surface area (Å²) in [6.07, 6.45) is 0.687. The number of ketones is 1. The van der Waals surface area contributed by atoms with E-state index in [0.717, 1.165) is 5.56 Å². The predicted molar refractivity (Wildman–Crippen MR) is 56.7 cm³/mol. The molecule has 1 aromatic carbocycles. The lowest BCUT2D eigenvalue weighted by Gasteiger charge is -2.11. The van der Waals surface area contributed by atoms with Crippen LogP contribution in [0.4, 0.5) is 0 Å². The van der Waals surface area contributed by atoms with E-state index in [0.29, 0.717) is 12.2 Å². The largest absolute Gasteiger partial charge is 0.593 e. The van der Waals surface area contributed by atoms with Gasteiger partial charge in [0.15, 0.2) is 0 Å². The topological polar surface area (TPSA) is 52.0 Å². The van der Waals surface area contributed by atoms with Crippen molar-refractivity contribution in [1.29, 1.82) is 0 Å². The number of nitrogens with one attached hydrogen (secondary N) is 1. The molecule has 1 aromatic rings. The molecular weight excluding hydrogens is 178 g/mol. The molecule has 0 unspecified atom stereocenters. The third kappa shape index (κ3) is 2.85. The first-order chi connectivity index (χ1) is 6.63. The number of benzene rings is 1. The molecule has 3 N–H and O–H groups in total. The van der Waals surface area contributed by atoms with E-state index >= 15 is 0 Å². The van der Waals surface area contributed by atoms with Gasteiger partial charge in [0.05, 0.1) is 6.04 Å². The van der Waals surface area contributed by atoms with Gasteiger partial charge >= 0.3 is 0 Å². The molecule has 0 aliphatic heterocycles. The van der Waals surface area contributed by atoms with Crippen molar-refractivity contribution in [3.05, 3.63) is 29.8 Å². The van der Waals surface area contributed by atoms with Crippen molar-refractivity contribution in [2.75, 3.05) is 7.05 Å². The van der Waals surface area contributed by atoms with Crippen LogP contribution in [0.2, 0.25) is 0 Å². The van der Waals surface area contributed by atoms with Gasteiger partial charge in [0.2, 0.25) is 0 Å². The molecule has 0 amide bonds. The summed E-state index contributed by atoms with van der Waals surface area (Å²) in [7, 11) is 1.78. The van der Waals surface area contributed by atoms with E-state index in [2.05, 4.69) is 5.32 Å². The van der Waals surface area contributed by atoms with E-state index in [1.54, 1.807) is 26.1 Å². The predicted octanol–water partition coefficient (Wildman–Crippen LogP) is 0.844. The third-order valence-corrected chi connectivity index (χ3v) is 2.23. The van der Waals surface area contributed by atoms with Crippen LogP contribution in [0.3, 0.4) is 0 Å². The van der Waals surface area contributed by atoms with Crippen LogP contribution in [0.25, 0.3) is 0 Å². The Morgan fingerprint density at radius 2 is 2.00 bits per heavy atom. The van der Waals surface area contributed by atoms with Crippen LogP contribution in [0, 0.1) is 0 Å². The first kappa shape index (κ1) is 10.7. The van der Waals surface area contributed by atoms with Crippen molar-refractivity contribution in [2.45, 2.75) is 19.4 Å². The second-order valence-corrected chi connectivity index (χ2v) is 3.35. The summed E-state index contributed by atoms with van der Waals surface area (Å²) in [6, 6.07) is 7.13. The Bertz CT molecular complexity index is 306. The van der Waals surface area contributed by atoms with E-state index in [9.17, 15) is 4.79 Å². The molecule has 3 heteroatoms. The fraction of sp³-hybridized carbons (Fsp3) is 0.364. The van der Waals surface area contributed by atoms with Crippen molar-refractivity contribution >= 4 is 5.78 Å². The standard InChI is InChI=1S/C11H15NO2/c1-8(13)11(12-2)7-9-3-5-10(14)6-4-9/h3-6,11-12,14H,7H2,1-2H3/p+1/t11-/m1/s1. The second-order valence-electron chi connectivity index (χ2n) is 3.35. The molecule has 0 radical (unpaired) electrons. The minimum atomic E-state index is -0.119. The zero-order chi connectivity index (χ0) is 10.6. The van der Waals surface area contributed by atoms with Crippen molar-refractivity contribution < 1.29 is 9.90 Å². The lowest BCUT2D eigenvalue weighted by atomic mass is 10.0. The monoisotopic (exact) mass is 194 g/mol. The maximum absolute atomic E-state index is 11.1. The average molecular weight is 194 g/mol. The number of carbonyl (C=O) groups excluding carboxylic acids is 1. The Hall–Kier alpha value is -1.35. The molecule has 76 valence electrons. The quantitative estimate of drug-likeness (QED) is 0.722. The molecule has 0 heterocycles. The van der Waals surface area contributed by atoms with Gasteiger partial charge in [0.25, 0.3) is 5.75 Å². The lowest BCUT2D eigenvalue weighted by Crippen LogP contribution is -2.34. The summed E-state index contributed by atoms with van der Waals surface area (Å²) in [5, 5.41) is 10.3. The van der Waals surface area contributed by atoms with Crippen LogP contribution in [-0.4, -0.2) is 24.0 Å². The van der Waals surface area contributed by atoms with Gasteiger partial charge < -0.3 is 10.4 Å². The molecule has 1 atom stereocenters. The summed E-state index contributed by atoms with van der Waals surface area (Å²) >= 11 is 0. The Labute approximate surface area is 83.8 Å². The molecule has 0 aliphatic rings. The van der Waals surface area contributed by atoms with Crippen LogP contribution in [0.15, 0.2) is 24.3 Å². The Balaban J connectivity index is 2.67. The number of rotatable bonds is 4. The number of hydrogen-bond donors (Lipinski definition) is 1. The normalized spacial score (nSPS) is 12.4. The Kier molecular flexibility index (Phi) is 3.65. The number of carbonyl (C=O) groups is 1. The summed E-state index contributed by atoms with van der Waals surface area (Å²) in [6.45, 7) is 1.58. The van der Waals surface area contributed by atoms with Crippen molar-refractivity contribution in [2.24, 2.45) is 0 Å². The maximum atomic E-state index is 11.1. The maximum Gasteiger partial charge on any atom is 0.253 e. The van der Waals surface area contributed by atoms with Gasteiger partial charge in [-0.1, -0.05) is 0 Å². The van der Waals surface area contributed by atoms with E-state index in [-0.39, 0.29) is 11.8 Å². The minimum absolute atomic E-state index is 0.119. The van der Waals surface area contributed by atoms with E-state index in [1.807, 2.05) is 12.1 Å². The Morgan fingerprint density at radius 1 is 1.43 bits per heavy atom. The second kappa shape index (κ2) is 4.77. The van der Waals surface area contributed by atoms with Crippen LogP contribution in [0.1, 0.15) is 12.5 Å². The lowest BCUT2D eigenvalue weighted by molar-refractivity contribution is -0.118. The van der Waals surface area contributed by atoms with Gasteiger partial charge in [-0.15, -0.1) is 0 Å². The molecule has 0 spiro atoms. The van der Waals surface area contributed by atoms with Crippen molar-refractivity contribution in [3.63, 3.8) is 0 Å². The SMILES string of the molecule is CN[C@H](Cc1ccc([OH2+])cc1)C(C)=O. The molecule has 3 nitrogen and oxygen atoms in total. The molecule has 0 bridgehead atoms. The molecule has 1 rings (SSSR count). The average Bonchev–Trinajstić information content (AvgIpc) is 2.16. The van der Waals surface area contributed by atoms with Crippen LogP contribution in [0.5, 0.6) is 5.75 Å². The highest BCUT2D eigenvalue weighted by Gasteiger charge is 2.11. The zero-order valence-electron chi connectivity index (χ0n) is 8.50. The molecule has 0 fully saturated rings. The van der Waals surface area contributed by atoms with E-state index < -0.39 is 0 Å². The summed E-state index contributed by atoms with van der Waals surface area (Å²) < 4.78 is 0. The fourth-order valence-corrected chi connectivity index (χ4v) is 1.33. The fourth-order valence-electron chi connectivity index (χ4n) is 1.33. The zero-order valence-corrected chi connectivity index (χ0v) is 8.50. The van der Waals surface area contributed by atoms with Crippen molar-refractivity contribution in [3.8, 4) is 5.75 Å². The van der Waals surface area contributed by atoms with E-state index in [4.69, 9.17) is 5.11 Å². The van der Waals surface area contributed by atoms with Gasteiger partial charge in [-0.25, -0.2) is 0 Å². The summed E-state index contributed by atoms with van der Waals surface area (Å²) in [5.74, 6) is 0.639. The van der Waals surface area contributed by atoms with Crippen LogP contribution < -0.4 is 5.32 Å². The first-order valence-corrected chi connectivity index (χ1v) is 4.61. The summed E-state index contributed by atoms with van der Waals surface area (Å²) in [5.41, 5.74) is 1.08. The van der Waals surface area contributed by atoms with E-state index in [1.165, 1.54) is 0 Å². The number of Topliss-reactive ketones (excluding diaryl/α,β-unsaturated/α-hetero) is 1. The van der Waals surface area contributed by atoms with Gasteiger partial charge in [-0.2, -0.15) is 0 Å². The van der Waals surface area contributed by atoms with Gasteiger partial charge in [0, 0.05) is 12.1 Å². The van der Waals surface area contributed by atoms with Crippen molar-refractivity contribution in [1.82, 2.24) is 5.32 Å². The smallest absolute Gasteiger partial charge is 0.253 e. The van der Waals surface area contributed by atoms with Gasteiger partial charge in [0.1, 0.15) is 5.78 Å². The van der Waals surface area contributed by atoms with Gasteiger partial charge in [-0.05, 0) is 38.1 Å². The van der Waals surface area contributed by atoms with Crippen LogP contribution in [-0.2, 0) is 11.2 Å². The minimum Gasteiger partial charge on any atom is -0.593 e. The van der Waals surface area contributed by atoms with Crippen LogP contribution >= 0.6 is 0 Å². The molecule has 0 aromatic heterocycles. The Morgan fingerprint density at radius 3 is 2.43 bits per heavy atom. The van der Waals surface area contributed by atoms with Gasteiger partial charge in [-0.3, -0.25) is 4.79 Å². The summed E-state index contributed by atoms with van der Waals surface area (Å²) in [4.78, 5) is 11.1. The highest BCUT2D eigenvalue weighted by molar-refractivity contribution is 5.81. The highest BCUT2D eigenvalue weighted by atomic mass is 16.3.